The zero-order chi connectivity index (χ0) is 16.1. The SMILES string of the molecule is O=CN1CCN(C(=O)c2cnc(NC3CCCCC3)nc2)CC1. The number of carbonyl (C=O) groups excluding carboxylic acids is 2. The largest absolute Gasteiger partial charge is 0.351 e. The first-order chi connectivity index (χ1) is 11.3. The van der Waals surface area contributed by atoms with E-state index in [0.717, 1.165) is 19.3 Å². The molecule has 0 spiro atoms. The molecule has 2 amide bonds. The zero-order valence-electron chi connectivity index (χ0n) is 13.3. The minimum Gasteiger partial charge on any atom is -0.351 e. The number of carbonyl (C=O) groups is 2. The summed E-state index contributed by atoms with van der Waals surface area (Å²) in [5.74, 6) is 0.527. The molecule has 0 atom stereocenters. The Hall–Kier alpha value is -2.18. The highest BCUT2D eigenvalue weighted by molar-refractivity contribution is 5.93. The summed E-state index contributed by atoms with van der Waals surface area (Å²) in [5.41, 5.74) is 0.499. The molecular weight excluding hydrogens is 294 g/mol. The number of hydrogen-bond acceptors (Lipinski definition) is 5. The Bertz CT molecular complexity index is 534. The van der Waals surface area contributed by atoms with E-state index in [1.54, 1.807) is 22.2 Å². The van der Waals surface area contributed by atoms with E-state index in [1.165, 1.54) is 19.3 Å². The van der Waals surface area contributed by atoms with E-state index < -0.39 is 0 Å². The summed E-state index contributed by atoms with van der Waals surface area (Å²) >= 11 is 0. The summed E-state index contributed by atoms with van der Waals surface area (Å²) in [4.78, 5) is 35.1. The second-order valence-electron chi connectivity index (χ2n) is 6.21. The molecule has 3 rings (SSSR count). The predicted octanol–water partition coefficient (Wildman–Crippen LogP) is 1.14. The molecule has 1 aromatic heterocycles. The average molecular weight is 317 g/mol. The molecule has 7 nitrogen and oxygen atoms in total. The number of nitrogens with one attached hydrogen (secondary N) is 1. The van der Waals surface area contributed by atoms with Crippen LogP contribution in [0.4, 0.5) is 5.95 Å². The van der Waals surface area contributed by atoms with Crippen LogP contribution < -0.4 is 5.32 Å². The molecule has 2 fully saturated rings. The molecule has 2 aliphatic rings. The summed E-state index contributed by atoms with van der Waals surface area (Å²) in [6.45, 7) is 2.27. The van der Waals surface area contributed by atoms with Crippen molar-refractivity contribution >= 4 is 18.3 Å². The van der Waals surface area contributed by atoms with Gasteiger partial charge in [-0.3, -0.25) is 9.59 Å². The molecule has 1 aliphatic heterocycles. The van der Waals surface area contributed by atoms with Crippen molar-refractivity contribution in [3.05, 3.63) is 18.0 Å². The second kappa shape index (κ2) is 7.39. The van der Waals surface area contributed by atoms with Crippen LogP contribution >= 0.6 is 0 Å². The van der Waals surface area contributed by atoms with E-state index in [1.807, 2.05) is 0 Å². The van der Waals surface area contributed by atoms with Gasteiger partial charge in [-0.15, -0.1) is 0 Å². The Morgan fingerprint density at radius 2 is 1.74 bits per heavy atom. The normalized spacial score (nSPS) is 19.5. The van der Waals surface area contributed by atoms with Crippen molar-refractivity contribution in [3.63, 3.8) is 0 Å². The highest BCUT2D eigenvalue weighted by Gasteiger charge is 2.22. The molecule has 0 radical (unpaired) electrons. The highest BCUT2D eigenvalue weighted by atomic mass is 16.2. The lowest BCUT2D eigenvalue weighted by Crippen LogP contribution is -2.48. The van der Waals surface area contributed by atoms with Crippen molar-refractivity contribution in [2.24, 2.45) is 0 Å². The summed E-state index contributed by atoms with van der Waals surface area (Å²) in [5, 5.41) is 3.35. The third kappa shape index (κ3) is 3.97. The van der Waals surface area contributed by atoms with Crippen molar-refractivity contribution in [2.45, 2.75) is 38.1 Å². The predicted molar refractivity (Wildman–Crippen MR) is 86.1 cm³/mol. The minimum atomic E-state index is -0.0697. The average Bonchev–Trinajstić information content (AvgIpc) is 2.63. The molecule has 124 valence electrons. The van der Waals surface area contributed by atoms with Crippen molar-refractivity contribution in [1.29, 1.82) is 0 Å². The van der Waals surface area contributed by atoms with Gasteiger partial charge in [0.1, 0.15) is 0 Å². The van der Waals surface area contributed by atoms with Crippen LogP contribution in [0.5, 0.6) is 0 Å². The van der Waals surface area contributed by atoms with E-state index in [2.05, 4.69) is 15.3 Å². The molecule has 1 saturated heterocycles. The molecule has 0 bridgehead atoms. The Labute approximate surface area is 136 Å². The quantitative estimate of drug-likeness (QED) is 0.842. The van der Waals surface area contributed by atoms with Gasteiger partial charge in [-0.2, -0.15) is 0 Å². The number of nitrogens with zero attached hydrogens (tertiary/aromatic N) is 4. The van der Waals surface area contributed by atoms with Gasteiger partial charge in [0.25, 0.3) is 5.91 Å². The van der Waals surface area contributed by atoms with E-state index >= 15 is 0 Å². The van der Waals surface area contributed by atoms with Crippen LogP contribution in [0.1, 0.15) is 42.5 Å². The number of anilines is 1. The summed E-state index contributed by atoms with van der Waals surface area (Å²) in [7, 11) is 0. The van der Waals surface area contributed by atoms with Crippen LogP contribution in [0, 0.1) is 0 Å². The Balaban J connectivity index is 1.56. The molecule has 1 N–H and O–H groups in total. The minimum absolute atomic E-state index is 0.0697. The zero-order valence-corrected chi connectivity index (χ0v) is 13.3. The van der Waals surface area contributed by atoms with Gasteiger partial charge in [0.2, 0.25) is 12.4 Å². The van der Waals surface area contributed by atoms with Crippen molar-refractivity contribution < 1.29 is 9.59 Å². The van der Waals surface area contributed by atoms with Gasteiger partial charge >= 0.3 is 0 Å². The van der Waals surface area contributed by atoms with Crippen LogP contribution in [0.2, 0.25) is 0 Å². The molecule has 7 heteroatoms. The first-order valence-electron chi connectivity index (χ1n) is 8.33. The van der Waals surface area contributed by atoms with Crippen LogP contribution in [-0.4, -0.2) is 64.3 Å². The van der Waals surface area contributed by atoms with Crippen LogP contribution in [-0.2, 0) is 4.79 Å². The number of aromatic nitrogens is 2. The van der Waals surface area contributed by atoms with Gasteiger partial charge in [-0.1, -0.05) is 19.3 Å². The standard InChI is InChI=1S/C16H23N5O2/c22-12-20-6-8-21(9-7-20)15(23)13-10-17-16(18-11-13)19-14-4-2-1-3-5-14/h10-12,14H,1-9H2,(H,17,18,19). The van der Waals surface area contributed by atoms with Crippen LogP contribution in [0.3, 0.4) is 0 Å². The van der Waals surface area contributed by atoms with Gasteiger partial charge in [0.05, 0.1) is 5.56 Å². The lowest BCUT2D eigenvalue weighted by atomic mass is 9.96. The Morgan fingerprint density at radius 3 is 2.35 bits per heavy atom. The lowest BCUT2D eigenvalue weighted by molar-refractivity contribution is -0.119. The van der Waals surface area contributed by atoms with Crippen molar-refractivity contribution in [2.75, 3.05) is 31.5 Å². The first kappa shape index (κ1) is 15.7. The molecule has 0 unspecified atom stereocenters. The molecule has 1 saturated carbocycles. The fourth-order valence-electron chi connectivity index (χ4n) is 3.16. The first-order valence-corrected chi connectivity index (χ1v) is 8.33. The van der Waals surface area contributed by atoms with Gasteiger partial charge in [-0.05, 0) is 12.8 Å². The maximum absolute atomic E-state index is 12.4. The molecule has 2 heterocycles. The third-order valence-electron chi connectivity index (χ3n) is 4.59. The van der Waals surface area contributed by atoms with E-state index in [0.29, 0.717) is 43.7 Å². The molecule has 1 aromatic rings. The van der Waals surface area contributed by atoms with Crippen LogP contribution in [0.25, 0.3) is 0 Å². The Morgan fingerprint density at radius 1 is 1.09 bits per heavy atom. The fourth-order valence-corrected chi connectivity index (χ4v) is 3.16. The highest BCUT2D eigenvalue weighted by Crippen LogP contribution is 2.20. The monoisotopic (exact) mass is 317 g/mol. The van der Waals surface area contributed by atoms with Gasteiger partial charge in [-0.25, -0.2) is 9.97 Å². The second-order valence-corrected chi connectivity index (χ2v) is 6.21. The molecular formula is C16H23N5O2. The maximum Gasteiger partial charge on any atom is 0.257 e. The maximum atomic E-state index is 12.4. The third-order valence-corrected chi connectivity index (χ3v) is 4.59. The summed E-state index contributed by atoms with van der Waals surface area (Å²) in [6, 6.07) is 0.446. The molecule has 23 heavy (non-hydrogen) atoms. The molecule has 0 aromatic carbocycles. The smallest absolute Gasteiger partial charge is 0.257 e. The van der Waals surface area contributed by atoms with E-state index in [9.17, 15) is 9.59 Å². The van der Waals surface area contributed by atoms with E-state index in [-0.39, 0.29) is 5.91 Å². The number of piperazine rings is 1. The summed E-state index contributed by atoms with van der Waals surface area (Å²) < 4.78 is 0. The van der Waals surface area contributed by atoms with Crippen molar-refractivity contribution in [1.82, 2.24) is 19.8 Å². The number of amides is 2. The van der Waals surface area contributed by atoms with Gasteiger partial charge < -0.3 is 15.1 Å². The van der Waals surface area contributed by atoms with Crippen LogP contribution in [0.15, 0.2) is 12.4 Å². The molecule has 1 aliphatic carbocycles. The number of rotatable bonds is 4. The summed E-state index contributed by atoms with van der Waals surface area (Å²) in [6.07, 6.45) is 10.1. The van der Waals surface area contributed by atoms with Crippen molar-refractivity contribution in [3.8, 4) is 0 Å². The lowest BCUT2D eigenvalue weighted by Gasteiger charge is -2.32. The Kier molecular flexibility index (Phi) is 5.05. The van der Waals surface area contributed by atoms with E-state index in [4.69, 9.17) is 0 Å². The topological polar surface area (TPSA) is 78.4 Å². The fraction of sp³-hybridized carbons (Fsp3) is 0.625. The van der Waals surface area contributed by atoms with Gasteiger partial charge in [0.15, 0.2) is 0 Å². The number of hydrogen-bond donors (Lipinski definition) is 1. The van der Waals surface area contributed by atoms with Gasteiger partial charge in [0, 0.05) is 44.6 Å².